The molecule has 0 N–H and O–H groups in total. The third-order valence-corrected chi connectivity index (χ3v) is 3.44. The molecule has 1 aromatic carbocycles. The molecule has 0 radical (unpaired) electrons. The highest BCUT2D eigenvalue weighted by atomic mass is 32.1. The molecule has 4 nitrogen and oxygen atoms in total. The molecule has 0 bridgehead atoms. The van der Waals surface area contributed by atoms with E-state index >= 15 is 0 Å². The molecule has 2 rings (SSSR count). The fourth-order valence-electron chi connectivity index (χ4n) is 1.71. The van der Waals surface area contributed by atoms with Crippen LogP contribution in [0.3, 0.4) is 0 Å². The number of benzene rings is 1. The Morgan fingerprint density at radius 2 is 2.11 bits per heavy atom. The van der Waals surface area contributed by atoms with Crippen LogP contribution in [0.5, 0.6) is 0 Å². The van der Waals surface area contributed by atoms with E-state index in [0.717, 1.165) is 11.3 Å². The number of aryl methyl sites for hydroxylation is 1. The molecule has 0 aliphatic carbocycles. The van der Waals surface area contributed by atoms with Crippen LogP contribution in [-0.2, 0) is 6.54 Å². The number of nitrogens with zero attached hydrogens (tertiary/aromatic N) is 3. The maximum atomic E-state index is 10.3. The van der Waals surface area contributed by atoms with Gasteiger partial charge >= 0.3 is 0 Å². The van der Waals surface area contributed by atoms with Crippen LogP contribution < -0.4 is 4.80 Å². The number of hydrogen-bond donors (Lipinski definition) is 0. The highest BCUT2D eigenvalue weighted by molar-refractivity contribution is 7.07. The first-order valence-corrected chi connectivity index (χ1v) is 6.37. The molecule has 0 aliphatic rings. The van der Waals surface area contributed by atoms with Crippen LogP contribution >= 0.6 is 11.3 Å². The summed E-state index contributed by atoms with van der Waals surface area (Å²) in [5.74, 6) is 0. The average molecular weight is 259 g/mol. The molecule has 92 valence electrons. The lowest BCUT2D eigenvalue weighted by molar-refractivity contribution is 0.787. The minimum atomic E-state index is 0.584. The average Bonchev–Trinajstić information content (AvgIpc) is 2.75. The zero-order valence-electron chi connectivity index (χ0n) is 10.0. The molecular formula is C13H13N3OS. The maximum Gasteiger partial charge on any atom is 0.214 e. The summed E-state index contributed by atoms with van der Waals surface area (Å²) in [4.78, 5) is 10.9. The third-order valence-electron chi connectivity index (χ3n) is 2.58. The molecular weight excluding hydrogens is 246 g/mol. The van der Waals surface area contributed by atoms with Crippen LogP contribution in [0.2, 0.25) is 0 Å². The first-order chi connectivity index (χ1) is 8.76. The Morgan fingerprint density at radius 1 is 1.39 bits per heavy atom. The van der Waals surface area contributed by atoms with Gasteiger partial charge in [-0.2, -0.15) is 0 Å². The van der Waals surface area contributed by atoms with Crippen molar-refractivity contribution in [2.45, 2.75) is 13.5 Å². The van der Waals surface area contributed by atoms with Gasteiger partial charge in [0.05, 0.1) is 11.0 Å². The Bertz CT molecular complexity index is 622. The molecule has 0 unspecified atom stereocenters. The molecule has 0 fully saturated rings. The molecule has 2 aromatic rings. The normalized spacial score (nSPS) is 11.5. The Labute approximate surface area is 109 Å². The van der Waals surface area contributed by atoms with Crippen molar-refractivity contribution in [3.8, 4) is 11.3 Å². The van der Waals surface area contributed by atoms with Gasteiger partial charge in [-0.15, -0.1) is 22.8 Å². The van der Waals surface area contributed by atoms with E-state index in [0.29, 0.717) is 11.3 Å². The van der Waals surface area contributed by atoms with Gasteiger partial charge in [0.15, 0.2) is 0 Å². The van der Waals surface area contributed by atoms with Crippen molar-refractivity contribution >= 4 is 11.3 Å². The summed E-state index contributed by atoms with van der Waals surface area (Å²) >= 11 is 1.39. The smallest absolute Gasteiger partial charge is 0.214 e. The van der Waals surface area contributed by atoms with Crippen molar-refractivity contribution in [3.63, 3.8) is 0 Å². The number of allylic oxidation sites excluding steroid dienone is 1. The van der Waals surface area contributed by atoms with Crippen LogP contribution in [-0.4, -0.2) is 4.57 Å². The highest BCUT2D eigenvalue weighted by Gasteiger charge is 2.06. The van der Waals surface area contributed by atoms with E-state index in [1.54, 1.807) is 6.08 Å². The van der Waals surface area contributed by atoms with E-state index in [9.17, 15) is 4.91 Å². The largest absolute Gasteiger partial charge is 0.311 e. The molecule has 0 amide bonds. The van der Waals surface area contributed by atoms with Crippen LogP contribution in [0.15, 0.2) is 52.7 Å². The SMILES string of the molecule is C=CCn1c(-c2ccc(C)cc2)cs/c1=N/N=O. The Hall–Kier alpha value is -2.01. The van der Waals surface area contributed by atoms with Crippen LogP contribution in [0.1, 0.15) is 5.56 Å². The molecule has 0 spiro atoms. The highest BCUT2D eigenvalue weighted by Crippen LogP contribution is 2.20. The molecule has 0 saturated carbocycles. The summed E-state index contributed by atoms with van der Waals surface area (Å²) in [6.45, 7) is 6.37. The summed E-state index contributed by atoms with van der Waals surface area (Å²) in [5, 5.41) is 8.16. The second kappa shape index (κ2) is 5.55. The van der Waals surface area contributed by atoms with Gasteiger partial charge in [-0.05, 0) is 12.5 Å². The lowest BCUT2D eigenvalue weighted by Crippen LogP contribution is -2.14. The number of aromatic nitrogens is 1. The van der Waals surface area contributed by atoms with Crippen molar-refractivity contribution in [2.24, 2.45) is 10.4 Å². The number of hydrogen-bond acceptors (Lipinski definition) is 3. The van der Waals surface area contributed by atoms with Gasteiger partial charge < -0.3 is 4.57 Å². The topological polar surface area (TPSA) is 46.7 Å². The molecule has 0 atom stereocenters. The Balaban J connectivity index is 2.57. The zero-order chi connectivity index (χ0) is 13.0. The number of thiazole rings is 1. The Morgan fingerprint density at radius 3 is 2.72 bits per heavy atom. The molecule has 1 heterocycles. The zero-order valence-corrected chi connectivity index (χ0v) is 10.9. The fourth-order valence-corrected chi connectivity index (χ4v) is 2.57. The van der Waals surface area contributed by atoms with Gasteiger partial charge in [-0.3, -0.25) is 0 Å². The van der Waals surface area contributed by atoms with Gasteiger partial charge in [0.25, 0.3) is 0 Å². The predicted molar refractivity (Wildman–Crippen MR) is 74.0 cm³/mol. The molecule has 0 aliphatic heterocycles. The van der Waals surface area contributed by atoms with Crippen molar-refractivity contribution in [2.75, 3.05) is 0 Å². The molecule has 5 heteroatoms. The molecule has 1 aromatic heterocycles. The van der Waals surface area contributed by atoms with Gasteiger partial charge in [0.1, 0.15) is 0 Å². The predicted octanol–water partition coefficient (Wildman–Crippen LogP) is 3.29. The van der Waals surface area contributed by atoms with E-state index in [4.69, 9.17) is 0 Å². The summed E-state index contributed by atoms with van der Waals surface area (Å²) < 4.78 is 1.92. The van der Waals surface area contributed by atoms with Crippen molar-refractivity contribution in [1.82, 2.24) is 4.57 Å². The minimum Gasteiger partial charge on any atom is -0.311 e. The van der Waals surface area contributed by atoms with E-state index < -0.39 is 0 Å². The molecule has 0 saturated heterocycles. The van der Waals surface area contributed by atoms with Crippen molar-refractivity contribution in [3.05, 3.63) is 57.6 Å². The standard InChI is InChI=1S/C13H13N3OS/c1-3-8-16-12(9-18-13(16)14-15-17)11-6-4-10(2)5-7-11/h3-7,9H,1,8H2,2H3/b14-13+. The Kier molecular flexibility index (Phi) is 3.84. The first kappa shape index (κ1) is 12.4. The monoisotopic (exact) mass is 259 g/mol. The quantitative estimate of drug-likeness (QED) is 0.472. The van der Waals surface area contributed by atoms with Crippen molar-refractivity contribution in [1.29, 1.82) is 0 Å². The van der Waals surface area contributed by atoms with E-state index in [1.165, 1.54) is 16.9 Å². The first-order valence-electron chi connectivity index (χ1n) is 5.49. The fraction of sp³-hybridized carbons (Fsp3) is 0.154. The number of rotatable bonds is 4. The summed E-state index contributed by atoms with van der Waals surface area (Å²) in [6, 6.07) is 8.21. The van der Waals surface area contributed by atoms with Gasteiger partial charge in [0.2, 0.25) is 4.80 Å². The lowest BCUT2D eigenvalue weighted by atomic mass is 10.1. The summed E-state index contributed by atoms with van der Waals surface area (Å²) in [6.07, 6.45) is 1.77. The van der Waals surface area contributed by atoms with Crippen LogP contribution in [0.25, 0.3) is 11.3 Å². The lowest BCUT2D eigenvalue weighted by Gasteiger charge is -2.06. The third kappa shape index (κ3) is 2.46. The molecule has 18 heavy (non-hydrogen) atoms. The second-order valence-corrected chi connectivity index (χ2v) is 4.69. The van der Waals surface area contributed by atoms with Crippen LogP contribution in [0, 0.1) is 11.8 Å². The van der Waals surface area contributed by atoms with Gasteiger partial charge in [0, 0.05) is 11.9 Å². The van der Waals surface area contributed by atoms with Crippen molar-refractivity contribution < 1.29 is 0 Å². The van der Waals surface area contributed by atoms with Gasteiger partial charge in [-0.25, -0.2) is 0 Å². The maximum absolute atomic E-state index is 10.3. The van der Waals surface area contributed by atoms with E-state index in [2.05, 4.69) is 41.2 Å². The number of nitroso groups, excluding NO2 is 1. The minimum absolute atomic E-state index is 0.584. The summed E-state index contributed by atoms with van der Waals surface area (Å²) in [5.41, 5.74) is 3.32. The van der Waals surface area contributed by atoms with E-state index in [1.807, 2.05) is 16.9 Å². The van der Waals surface area contributed by atoms with Crippen LogP contribution in [0.4, 0.5) is 0 Å². The second-order valence-electron chi connectivity index (χ2n) is 3.85. The van der Waals surface area contributed by atoms with Gasteiger partial charge in [-0.1, -0.05) is 41.0 Å². The van der Waals surface area contributed by atoms with E-state index in [-0.39, 0.29) is 0 Å². The summed E-state index contributed by atoms with van der Waals surface area (Å²) in [7, 11) is 0.